The predicted molar refractivity (Wildman–Crippen MR) is 60.0 cm³/mol. The molecule has 30 heavy (non-hydrogen) atoms. The Bertz CT molecular complexity index is 665. The van der Waals surface area contributed by atoms with Crippen molar-refractivity contribution in [3.63, 3.8) is 0 Å². The van der Waals surface area contributed by atoms with E-state index in [1.165, 1.54) is 0 Å². The molecule has 178 valence electrons. The third-order valence-corrected chi connectivity index (χ3v) is 3.83. The highest BCUT2D eigenvalue weighted by Crippen LogP contribution is 2.62. The summed E-state index contributed by atoms with van der Waals surface area (Å²) in [6.45, 7) is -0.549. The fraction of sp³-hybridized carbons (Fsp3) is 0.917. The van der Waals surface area contributed by atoms with Gasteiger partial charge in [-0.2, -0.15) is 61.5 Å². The van der Waals surface area contributed by atoms with Crippen LogP contribution >= 0.6 is 0 Å². The number of ether oxygens (including phenoxy) is 1. The summed E-state index contributed by atoms with van der Waals surface area (Å²) < 4.78 is 212. The number of epoxide rings is 1. The lowest BCUT2D eigenvalue weighted by Gasteiger charge is -2.42. The quantitative estimate of drug-likeness (QED) is 0.320. The molecule has 1 fully saturated rings. The van der Waals surface area contributed by atoms with E-state index >= 15 is 0 Å². The lowest BCUT2D eigenvalue weighted by Crippen LogP contribution is -2.74. The molecule has 1 rings (SSSR count). The molecule has 1 saturated heterocycles. The van der Waals surface area contributed by atoms with E-state index in [1.807, 2.05) is 0 Å². The molecule has 0 aromatic rings. The van der Waals surface area contributed by atoms with Gasteiger partial charge < -0.3 is 4.74 Å². The molecule has 0 aliphatic carbocycles. The molecular formula is C12H6F16O2. The van der Waals surface area contributed by atoms with Gasteiger partial charge in [0.2, 0.25) is 5.78 Å². The largest absolute Gasteiger partial charge is 0.385 e. The molecule has 1 atom stereocenters. The SMILES string of the molecule is O=C(CC1CO1)C(F)(F)C(F)(F)C(F)(F)C(F)(F)C(F)(F)C(F)(F)C(F)(F)C(F)F. The van der Waals surface area contributed by atoms with Crippen LogP contribution in [0.4, 0.5) is 70.2 Å². The minimum atomic E-state index is -8.49. The number of halogens is 16. The van der Waals surface area contributed by atoms with Gasteiger partial charge in [-0.25, -0.2) is 8.78 Å². The first-order chi connectivity index (χ1) is 12.9. The predicted octanol–water partition coefficient (Wildman–Crippen LogP) is 5.06. The molecule has 1 heterocycles. The summed E-state index contributed by atoms with van der Waals surface area (Å²) in [5.41, 5.74) is 0. The second-order valence-corrected chi connectivity index (χ2v) is 5.95. The summed E-state index contributed by atoms with van der Waals surface area (Å²) in [5, 5.41) is 0. The van der Waals surface area contributed by atoms with Crippen molar-refractivity contribution in [2.45, 2.75) is 60.4 Å². The zero-order valence-electron chi connectivity index (χ0n) is 13.4. The van der Waals surface area contributed by atoms with Crippen molar-refractivity contribution in [2.75, 3.05) is 6.61 Å². The summed E-state index contributed by atoms with van der Waals surface area (Å²) in [7, 11) is 0. The Morgan fingerprint density at radius 1 is 0.700 bits per heavy atom. The van der Waals surface area contributed by atoms with Crippen LogP contribution in [-0.4, -0.2) is 66.4 Å². The average Bonchev–Trinajstić information content (AvgIpc) is 3.37. The zero-order chi connectivity index (χ0) is 24.4. The summed E-state index contributed by atoms with van der Waals surface area (Å²) in [6.07, 6.45) is -9.27. The average molecular weight is 486 g/mol. The first kappa shape index (κ1) is 26.5. The van der Waals surface area contributed by atoms with Gasteiger partial charge >= 0.3 is 47.9 Å². The van der Waals surface area contributed by atoms with Gasteiger partial charge in [0.15, 0.2) is 0 Å². The van der Waals surface area contributed by atoms with Crippen molar-refractivity contribution in [1.82, 2.24) is 0 Å². The van der Waals surface area contributed by atoms with E-state index < -0.39 is 72.8 Å². The molecule has 0 bridgehead atoms. The topological polar surface area (TPSA) is 29.6 Å². The number of carbonyl (C=O) groups is 1. The lowest BCUT2D eigenvalue weighted by atomic mass is 9.87. The third kappa shape index (κ3) is 3.37. The van der Waals surface area contributed by atoms with Crippen LogP contribution < -0.4 is 0 Å². The normalized spacial score (nSPS) is 20.0. The number of Topliss-reactive ketones (excluding diaryl/α,β-unsaturated/α-hetero) is 1. The molecule has 0 N–H and O–H groups in total. The Balaban J connectivity index is 3.50. The summed E-state index contributed by atoms with van der Waals surface area (Å²) in [5.74, 6) is -58.9. The van der Waals surface area contributed by atoms with Crippen molar-refractivity contribution in [3.8, 4) is 0 Å². The van der Waals surface area contributed by atoms with E-state index in [9.17, 15) is 75.0 Å². The van der Waals surface area contributed by atoms with Crippen LogP contribution in [0, 0.1) is 0 Å². The van der Waals surface area contributed by atoms with E-state index in [1.54, 1.807) is 0 Å². The van der Waals surface area contributed by atoms with Crippen molar-refractivity contribution >= 4 is 5.78 Å². The summed E-state index contributed by atoms with van der Waals surface area (Å²) >= 11 is 0. The maximum Gasteiger partial charge on any atom is 0.385 e. The molecule has 0 aromatic heterocycles. The molecular weight excluding hydrogens is 480 g/mol. The maximum atomic E-state index is 13.4. The molecule has 1 unspecified atom stereocenters. The molecule has 0 aromatic carbocycles. The van der Waals surface area contributed by atoms with Crippen LogP contribution in [0.2, 0.25) is 0 Å². The van der Waals surface area contributed by atoms with Gasteiger partial charge in [-0.1, -0.05) is 0 Å². The second-order valence-electron chi connectivity index (χ2n) is 5.95. The second kappa shape index (κ2) is 7.01. The van der Waals surface area contributed by atoms with Crippen LogP contribution in [0.15, 0.2) is 0 Å². The monoisotopic (exact) mass is 486 g/mol. The van der Waals surface area contributed by atoms with Crippen molar-refractivity contribution < 1.29 is 79.8 Å². The van der Waals surface area contributed by atoms with E-state index in [0.29, 0.717) is 0 Å². The highest BCUT2D eigenvalue weighted by atomic mass is 19.4. The lowest BCUT2D eigenvalue weighted by molar-refractivity contribution is -0.443. The number of ketones is 1. The standard InChI is InChI=1S/C12H6F16O2/c13-5(14)7(17,18)9(21,22)11(25,26)12(27,28)10(23,24)8(19,20)6(15,16)4(29)1-3-2-30-3/h3,5H,1-2H2. The van der Waals surface area contributed by atoms with Crippen molar-refractivity contribution in [1.29, 1.82) is 0 Å². The van der Waals surface area contributed by atoms with Crippen molar-refractivity contribution in [2.24, 2.45) is 0 Å². The van der Waals surface area contributed by atoms with Gasteiger partial charge in [0, 0.05) is 6.42 Å². The smallest absolute Gasteiger partial charge is 0.373 e. The van der Waals surface area contributed by atoms with Crippen LogP contribution in [0.1, 0.15) is 6.42 Å². The summed E-state index contributed by atoms with van der Waals surface area (Å²) in [6, 6.07) is 0. The highest BCUT2D eigenvalue weighted by Gasteiger charge is 2.94. The Hall–Kier alpha value is -1.49. The molecule has 0 amide bonds. The summed E-state index contributed by atoms with van der Waals surface area (Å²) in [4.78, 5) is 11.0. The van der Waals surface area contributed by atoms with E-state index in [-0.39, 0.29) is 0 Å². The number of carbonyl (C=O) groups excluding carboxylic acids is 1. The molecule has 18 heteroatoms. The van der Waals surface area contributed by atoms with Gasteiger partial charge in [0.25, 0.3) is 0 Å². The van der Waals surface area contributed by atoms with E-state index in [0.717, 1.165) is 0 Å². The molecule has 0 radical (unpaired) electrons. The Morgan fingerprint density at radius 2 is 1.03 bits per heavy atom. The minimum absolute atomic E-state index is 0.549. The maximum absolute atomic E-state index is 13.4. The first-order valence-electron chi connectivity index (χ1n) is 7.02. The van der Waals surface area contributed by atoms with Crippen LogP contribution in [0.3, 0.4) is 0 Å². The van der Waals surface area contributed by atoms with E-state index in [4.69, 9.17) is 0 Å². The van der Waals surface area contributed by atoms with Gasteiger partial charge in [0.1, 0.15) is 0 Å². The van der Waals surface area contributed by atoms with Gasteiger partial charge in [-0.15, -0.1) is 0 Å². The highest BCUT2D eigenvalue weighted by molar-refractivity contribution is 5.87. The van der Waals surface area contributed by atoms with Crippen LogP contribution in [0.5, 0.6) is 0 Å². The molecule has 2 nitrogen and oxygen atoms in total. The number of hydrogen-bond acceptors (Lipinski definition) is 2. The molecule has 0 spiro atoms. The number of alkyl halides is 16. The Labute approximate surface area is 154 Å². The van der Waals surface area contributed by atoms with Gasteiger partial charge in [0.05, 0.1) is 12.7 Å². The zero-order valence-corrected chi connectivity index (χ0v) is 13.4. The van der Waals surface area contributed by atoms with E-state index in [2.05, 4.69) is 4.74 Å². The third-order valence-electron chi connectivity index (χ3n) is 3.83. The van der Waals surface area contributed by atoms with Crippen LogP contribution in [-0.2, 0) is 9.53 Å². The molecule has 0 saturated carbocycles. The van der Waals surface area contributed by atoms with Crippen molar-refractivity contribution in [3.05, 3.63) is 0 Å². The minimum Gasteiger partial charge on any atom is -0.373 e. The fourth-order valence-corrected chi connectivity index (χ4v) is 1.83. The molecule has 1 aliphatic heterocycles. The number of hydrogen-bond donors (Lipinski definition) is 0. The molecule has 1 aliphatic rings. The van der Waals surface area contributed by atoms with Gasteiger partial charge in [-0.3, -0.25) is 4.79 Å². The Kier molecular flexibility index (Phi) is 6.20. The van der Waals surface area contributed by atoms with Crippen LogP contribution in [0.25, 0.3) is 0 Å². The Morgan fingerprint density at radius 3 is 1.37 bits per heavy atom. The number of rotatable bonds is 10. The van der Waals surface area contributed by atoms with Gasteiger partial charge in [-0.05, 0) is 0 Å². The first-order valence-corrected chi connectivity index (χ1v) is 7.02. The fourth-order valence-electron chi connectivity index (χ4n) is 1.83.